The van der Waals surface area contributed by atoms with Crippen molar-refractivity contribution in [2.24, 2.45) is 0 Å². The third kappa shape index (κ3) is 4.52. The van der Waals surface area contributed by atoms with Crippen molar-refractivity contribution in [3.63, 3.8) is 0 Å². The molecule has 0 aliphatic carbocycles. The van der Waals surface area contributed by atoms with Crippen LogP contribution in [0.25, 0.3) is 0 Å². The lowest BCUT2D eigenvalue weighted by Crippen LogP contribution is -2.14. The summed E-state index contributed by atoms with van der Waals surface area (Å²) in [4.78, 5) is 32.8. The highest BCUT2D eigenvalue weighted by Gasteiger charge is 2.18. The fourth-order valence-electron chi connectivity index (χ4n) is 2.72. The predicted molar refractivity (Wildman–Crippen MR) is 108 cm³/mol. The molecule has 0 aliphatic heterocycles. The molecule has 3 rings (SSSR count). The average Bonchev–Trinajstić information content (AvgIpc) is 2.62. The van der Waals surface area contributed by atoms with E-state index in [4.69, 9.17) is 0 Å². The van der Waals surface area contributed by atoms with Gasteiger partial charge >= 0.3 is 0 Å². The minimum Gasteiger partial charge on any atom is -0.322 e. The molecule has 1 amide bonds. The molecule has 28 heavy (non-hydrogen) atoms. The van der Waals surface area contributed by atoms with Gasteiger partial charge in [-0.05, 0) is 68.9 Å². The SMILES string of the molecule is Cc1cc(C)nc(Sc2ccc(NC(=O)c3cccc([N+](=O)[O-])c3C)cc2)n1. The number of anilines is 1. The van der Waals surface area contributed by atoms with Crippen LogP contribution in [-0.2, 0) is 0 Å². The number of amides is 1. The minimum atomic E-state index is -0.493. The zero-order chi connectivity index (χ0) is 20.3. The summed E-state index contributed by atoms with van der Waals surface area (Å²) in [6.45, 7) is 5.41. The van der Waals surface area contributed by atoms with Crippen LogP contribution in [0.15, 0.2) is 58.6 Å². The second kappa shape index (κ2) is 8.18. The number of nitrogens with zero attached hydrogens (tertiary/aromatic N) is 3. The molecule has 0 unspecified atom stereocenters. The average molecular weight is 394 g/mol. The third-order valence-electron chi connectivity index (χ3n) is 4.03. The molecule has 0 atom stereocenters. The maximum Gasteiger partial charge on any atom is 0.273 e. The molecule has 0 bridgehead atoms. The highest BCUT2D eigenvalue weighted by Crippen LogP contribution is 2.27. The number of aromatic nitrogens is 2. The first kappa shape index (κ1) is 19.5. The van der Waals surface area contributed by atoms with E-state index < -0.39 is 4.92 Å². The van der Waals surface area contributed by atoms with Crippen molar-refractivity contribution < 1.29 is 9.72 Å². The van der Waals surface area contributed by atoms with Crippen LogP contribution in [0.5, 0.6) is 0 Å². The van der Waals surface area contributed by atoms with Crippen LogP contribution in [-0.4, -0.2) is 20.8 Å². The van der Waals surface area contributed by atoms with E-state index in [2.05, 4.69) is 15.3 Å². The van der Waals surface area contributed by atoms with Crippen molar-refractivity contribution in [1.82, 2.24) is 9.97 Å². The quantitative estimate of drug-likeness (QED) is 0.382. The van der Waals surface area contributed by atoms with Crippen LogP contribution in [0.1, 0.15) is 27.3 Å². The number of rotatable bonds is 5. The zero-order valence-electron chi connectivity index (χ0n) is 15.6. The summed E-state index contributed by atoms with van der Waals surface area (Å²) in [5.74, 6) is -0.390. The van der Waals surface area contributed by atoms with E-state index in [1.165, 1.54) is 23.9 Å². The first-order valence-electron chi connectivity index (χ1n) is 8.49. The Morgan fingerprint density at radius 2 is 1.68 bits per heavy atom. The number of nitrogens with one attached hydrogen (secondary N) is 1. The normalized spacial score (nSPS) is 10.5. The van der Waals surface area contributed by atoms with Gasteiger partial charge in [-0.2, -0.15) is 0 Å². The van der Waals surface area contributed by atoms with Crippen molar-refractivity contribution in [3.05, 3.63) is 81.2 Å². The van der Waals surface area contributed by atoms with Gasteiger partial charge in [-0.3, -0.25) is 14.9 Å². The number of benzene rings is 2. The number of hydrogen-bond donors (Lipinski definition) is 1. The van der Waals surface area contributed by atoms with E-state index in [1.807, 2.05) is 32.0 Å². The minimum absolute atomic E-state index is 0.0761. The van der Waals surface area contributed by atoms with Gasteiger partial charge in [-0.25, -0.2) is 9.97 Å². The Balaban J connectivity index is 1.73. The van der Waals surface area contributed by atoms with E-state index in [-0.39, 0.29) is 17.2 Å². The first-order chi connectivity index (χ1) is 13.3. The number of nitro benzene ring substituents is 1. The second-order valence-electron chi connectivity index (χ2n) is 6.22. The van der Waals surface area contributed by atoms with E-state index >= 15 is 0 Å². The lowest BCUT2D eigenvalue weighted by atomic mass is 10.1. The smallest absolute Gasteiger partial charge is 0.273 e. The summed E-state index contributed by atoms with van der Waals surface area (Å²) in [6.07, 6.45) is 0. The van der Waals surface area contributed by atoms with Crippen molar-refractivity contribution in [1.29, 1.82) is 0 Å². The van der Waals surface area contributed by atoms with Gasteiger partial charge in [0.1, 0.15) is 0 Å². The molecule has 1 heterocycles. The summed E-state index contributed by atoms with van der Waals surface area (Å²) >= 11 is 1.44. The summed E-state index contributed by atoms with van der Waals surface area (Å²) in [7, 11) is 0. The number of nitro groups is 1. The maximum absolute atomic E-state index is 12.5. The van der Waals surface area contributed by atoms with Crippen LogP contribution in [0, 0.1) is 30.9 Å². The fourth-order valence-corrected chi connectivity index (χ4v) is 3.58. The van der Waals surface area contributed by atoms with Crippen molar-refractivity contribution in [3.8, 4) is 0 Å². The van der Waals surface area contributed by atoms with Crippen molar-refractivity contribution in [2.75, 3.05) is 5.32 Å². The Kier molecular flexibility index (Phi) is 5.70. The molecule has 1 N–H and O–H groups in total. The Labute approximate surface area is 166 Å². The first-order valence-corrected chi connectivity index (χ1v) is 9.30. The van der Waals surface area contributed by atoms with Crippen LogP contribution >= 0.6 is 11.8 Å². The van der Waals surface area contributed by atoms with Crippen molar-refractivity contribution >= 4 is 29.0 Å². The lowest BCUT2D eigenvalue weighted by Gasteiger charge is -2.09. The number of carbonyl (C=O) groups is 1. The third-order valence-corrected chi connectivity index (χ3v) is 4.90. The van der Waals surface area contributed by atoms with E-state index in [0.717, 1.165) is 16.3 Å². The molecule has 7 nitrogen and oxygen atoms in total. The second-order valence-corrected chi connectivity index (χ2v) is 7.26. The van der Waals surface area contributed by atoms with Gasteiger partial charge in [-0.15, -0.1) is 0 Å². The highest BCUT2D eigenvalue weighted by molar-refractivity contribution is 7.99. The van der Waals surface area contributed by atoms with Crippen LogP contribution in [0.2, 0.25) is 0 Å². The standard InChI is InChI=1S/C20H18N4O3S/c1-12-11-13(2)22-20(21-12)28-16-9-7-15(8-10-16)23-19(25)17-5-4-6-18(14(17)3)24(26)27/h4-11H,1-3H3,(H,23,25). The lowest BCUT2D eigenvalue weighted by molar-refractivity contribution is -0.385. The van der Waals surface area contributed by atoms with Gasteiger partial charge in [0.25, 0.3) is 11.6 Å². The molecule has 0 aliphatic rings. The molecule has 8 heteroatoms. The molecule has 0 saturated heterocycles. The topological polar surface area (TPSA) is 98.0 Å². The molecule has 0 spiro atoms. The van der Waals surface area contributed by atoms with Gasteiger partial charge in [0, 0.05) is 39.2 Å². The Bertz CT molecular complexity index is 1030. The van der Waals surface area contributed by atoms with Gasteiger partial charge < -0.3 is 5.32 Å². The Morgan fingerprint density at radius 3 is 2.29 bits per heavy atom. The van der Waals surface area contributed by atoms with E-state index in [0.29, 0.717) is 16.4 Å². The van der Waals surface area contributed by atoms with Gasteiger partial charge in [0.2, 0.25) is 0 Å². The number of hydrogen-bond acceptors (Lipinski definition) is 6. The molecule has 1 aromatic heterocycles. The Hall–Kier alpha value is -3.26. The largest absolute Gasteiger partial charge is 0.322 e. The van der Waals surface area contributed by atoms with E-state index in [1.54, 1.807) is 25.1 Å². The van der Waals surface area contributed by atoms with Gasteiger partial charge in [0.05, 0.1) is 4.92 Å². The molecule has 3 aromatic rings. The Morgan fingerprint density at radius 1 is 1.04 bits per heavy atom. The van der Waals surface area contributed by atoms with Crippen LogP contribution < -0.4 is 5.32 Å². The molecule has 0 radical (unpaired) electrons. The summed E-state index contributed by atoms with van der Waals surface area (Å²) < 4.78 is 0. The number of aryl methyl sites for hydroxylation is 2. The summed E-state index contributed by atoms with van der Waals surface area (Å²) in [6, 6.07) is 13.6. The molecule has 142 valence electrons. The van der Waals surface area contributed by atoms with Crippen LogP contribution in [0.3, 0.4) is 0 Å². The predicted octanol–water partition coefficient (Wildman–Crippen LogP) is 4.71. The molecular weight excluding hydrogens is 376 g/mol. The van der Waals surface area contributed by atoms with Crippen molar-refractivity contribution in [2.45, 2.75) is 30.8 Å². The molecule has 0 fully saturated rings. The molecular formula is C20H18N4O3S. The maximum atomic E-state index is 12.5. The summed E-state index contributed by atoms with van der Waals surface area (Å²) in [5.41, 5.74) is 2.95. The monoisotopic (exact) mass is 394 g/mol. The van der Waals surface area contributed by atoms with E-state index in [9.17, 15) is 14.9 Å². The number of carbonyl (C=O) groups excluding carboxylic acids is 1. The zero-order valence-corrected chi connectivity index (χ0v) is 16.4. The highest BCUT2D eigenvalue weighted by atomic mass is 32.2. The fraction of sp³-hybridized carbons (Fsp3) is 0.150. The molecule has 0 saturated carbocycles. The van der Waals surface area contributed by atoms with Gasteiger partial charge in [0.15, 0.2) is 5.16 Å². The summed E-state index contributed by atoms with van der Waals surface area (Å²) in [5, 5.41) is 14.5. The molecule has 2 aromatic carbocycles. The van der Waals surface area contributed by atoms with Gasteiger partial charge in [-0.1, -0.05) is 6.07 Å². The van der Waals surface area contributed by atoms with Crippen LogP contribution in [0.4, 0.5) is 11.4 Å².